The van der Waals surface area contributed by atoms with Crippen LogP contribution in [0.5, 0.6) is 0 Å². The zero-order valence-corrected chi connectivity index (χ0v) is 8.92. The molecule has 0 spiro atoms. The molecule has 0 saturated heterocycles. The van der Waals surface area contributed by atoms with Crippen LogP contribution < -0.4 is 0 Å². The molecule has 0 fully saturated rings. The molecule has 1 rings (SSSR count). The van der Waals surface area contributed by atoms with Crippen LogP contribution in [0.2, 0.25) is 0 Å². The predicted molar refractivity (Wildman–Crippen MR) is 53.4 cm³/mol. The Kier molecular flexibility index (Phi) is 2.91. The normalized spacial score (nSPS) is 13.0. The van der Waals surface area contributed by atoms with Gasteiger partial charge in [0.05, 0.1) is 5.38 Å². The Labute approximate surface area is 81.4 Å². The van der Waals surface area contributed by atoms with Crippen molar-refractivity contribution in [1.29, 1.82) is 0 Å². The fraction of sp³-hybridized carbons (Fsp3) is 0.444. The van der Waals surface area contributed by atoms with Gasteiger partial charge in [-0.2, -0.15) is 0 Å². The van der Waals surface area contributed by atoms with E-state index in [4.69, 9.17) is 11.6 Å². The first-order chi connectivity index (χ1) is 5.52. The van der Waals surface area contributed by atoms with Gasteiger partial charge in [-0.3, -0.25) is 4.79 Å². The predicted octanol–water partition coefficient (Wildman–Crippen LogP) is 3.17. The van der Waals surface area contributed by atoms with Crippen molar-refractivity contribution in [3.05, 3.63) is 21.4 Å². The number of ketones is 1. The van der Waals surface area contributed by atoms with Crippen LogP contribution in [0.3, 0.4) is 0 Å². The Morgan fingerprint density at radius 3 is 2.50 bits per heavy atom. The van der Waals surface area contributed by atoms with Gasteiger partial charge >= 0.3 is 0 Å². The number of halogens is 1. The van der Waals surface area contributed by atoms with E-state index in [2.05, 4.69) is 0 Å². The van der Waals surface area contributed by atoms with Gasteiger partial charge in [-0.1, -0.05) is 0 Å². The van der Waals surface area contributed by atoms with Crippen LogP contribution in [0.15, 0.2) is 6.07 Å². The van der Waals surface area contributed by atoms with Crippen molar-refractivity contribution in [3.63, 3.8) is 0 Å². The second-order valence-electron chi connectivity index (χ2n) is 2.81. The van der Waals surface area contributed by atoms with E-state index >= 15 is 0 Å². The SMILES string of the molecule is Cc1cc(C(=O)C(C)Cl)c(C)s1. The van der Waals surface area contributed by atoms with Crippen LogP contribution in [0, 0.1) is 13.8 Å². The fourth-order valence-corrected chi connectivity index (χ4v) is 2.14. The van der Waals surface area contributed by atoms with Crippen LogP contribution in [0.1, 0.15) is 27.0 Å². The highest BCUT2D eigenvalue weighted by Gasteiger charge is 2.16. The third-order valence-electron chi connectivity index (χ3n) is 1.67. The molecule has 0 aliphatic carbocycles. The quantitative estimate of drug-likeness (QED) is 0.532. The fourth-order valence-electron chi connectivity index (χ4n) is 1.09. The van der Waals surface area contributed by atoms with Gasteiger partial charge < -0.3 is 0 Å². The molecule has 66 valence electrons. The second-order valence-corrected chi connectivity index (χ2v) is 4.92. The topological polar surface area (TPSA) is 17.1 Å². The van der Waals surface area contributed by atoms with Gasteiger partial charge in [-0.15, -0.1) is 22.9 Å². The Morgan fingerprint density at radius 1 is 1.58 bits per heavy atom. The molecule has 3 heteroatoms. The van der Waals surface area contributed by atoms with Crippen LogP contribution in [0.25, 0.3) is 0 Å². The van der Waals surface area contributed by atoms with Crippen molar-refractivity contribution < 1.29 is 4.79 Å². The molecule has 1 unspecified atom stereocenters. The summed E-state index contributed by atoms with van der Waals surface area (Å²) in [6, 6.07) is 1.90. The summed E-state index contributed by atoms with van der Waals surface area (Å²) in [6.07, 6.45) is 0. The number of hydrogen-bond acceptors (Lipinski definition) is 2. The minimum atomic E-state index is -0.419. The lowest BCUT2D eigenvalue weighted by Crippen LogP contribution is -2.10. The van der Waals surface area contributed by atoms with Gasteiger partial charge in [-0.05, 0) is 26.8 Å². The molecule has 0 N–H and O–H groups in total. The molecule has 1 heterocycles. The maximum atomic E-state index is 11.5. The van der Waals surface area contributed by atoms with Crippen LogP contribution in [-0.2, 0) is 0 Å². The third-order valence-corrected chi connectivity index (χ3v) is 2.83. The summed E-state index contributed by atoms with van der Waals surface area (Å²) in [6.45, 7) is 5.65. The molecule has 0 aliphatic heterocycles. The van der Waals surface area contributed by atoms with Crippen molar-refractivity contribution >= 4 is 28.7 Å². The zero-order valence-electron chi connectivity index (χ0n) is 7.35. The highest BCUT2D eigenvalue weighted by molar-refractivity contribution is 7.12. The van der Waals surface area contributed by atoms with Gasteiger partial charge in [0.25, 0.3) is 0 Å². The number of carbonyl (C=O) groups is 1. The Morgan fingerprint density at radius 2 is 2.17 bits per heavy atom. The Bertz CT molecular complexity index is 301. The molecule has 1 nitrogen and oxygen atoms in total. The summed E-state index contributed by atoms with van der Waals surface area (Å²) in [5.74, 6) is 0.0264. The summed E-state index contributed by atoms with van der Waals surface area (Å²) in [5, 5.41) is -0.419. The first-order valence-corrected chi connectivity index (χ1v) is 5.03. The minimum absolute atomic E-state index is 0.0264. The molecule has 0 saturated carbocycles. The maximum absolute atomic E-state index is 11.5. The van der Waals surface area contributed by atoms with Gasteiger partial charge in [0.1, 0.15) is 0 Å². The number of thiophene rings is 1. The molecule has 0 radical (unpaired) electrons. The molecule has 1 aromatic rings. The molecule has 0 amide bonds. The highest BCUT2D eigenvalue weighted by Crippen LogP contribution is 2.22. The monoisotopic (exact) mass is 202 g/mol. The van der Waals surface area contributed by atoms with Crippen LogP contribution in [0.4, 0.5) is 0 Å². The Balaban J connectivity index is 3.02. The van der Waals surface area contributed by atoms with Crippen molar-refractivity contribution in [1.82, 2.24) is 0 Å². The van der Waals surface area contributed by atoms with E-state index in [9.17, 15) is 4.79 Å². The molecule has 12 heavy (non-hydrogen) atoms. The maximum Gasteiger partial charge on any atom is 0.181 e. The average Bonchev–Trinajstić information content (AvgIpc) is 2.28. The lowest BCUT2D eigenvalue weighted by Gasteiger charge is -1.99. The lowest BCUT2D eigenvalue weighted by molar-refractivity contribution is 0.0991. The molecule has 0 bridgehead atoms. The first kappa shape index (κ1) is 9.75. The minimum Gasteiger partial charge on any atom is -0.292 e. The van der Waals surface area contributed by atoms with Crippen LogP contribution >= 0.6 is 22.9 Å². The van der Waals surface area contributed by atoms with E-state index in [-0.39, 0.29) is 5.78 Å². The second kappa shape index (κ2) is 3.58. The molecular weight excluding hydrogens is 192 g/mol. The number of carbonyl (C=O) groups excluding carboxylic acids is 1. The van der Waals surface area contributed by atoms with Gasteiger partial charge in [-0.25, -0.2) is 0 Å². The first-order valence-electron chi connectivity index (χ1n) is 3.77. The van der Waals surface area contributed by atoms with Gasteiger partial charge in [0.2, 0.25) is 0 Å². The summed E-state index contributed by atoms with van der Waals surface area (Å²) in [5.41, 5.74) is 0.778. The van der Waals surface area contributed by atoms with E-state index in [1.165, 1.54) is 0 Å². The lowest BCUT2D eigenvalue weighted by atomic mass is 10.1. The van der Waals surface area contributed by atoms with E-state index in [0.717, 1.165) is 15.3 Å². The number of alkyl halides is 1. The summed E-state index contributed by atoms with van der Waals surface area (Å²) in [7, 11) is 0. The Hall–Kier alpha value is -0.340. The van der Waals surface area contributed by atoms with E-state index in [0.29, 0.717) is 0 Å². The molecule has 1 aromatic heterocycles. The van der Waals surface area contributed by atoms with E-state index in [1.54, 1.807) is 18.3 Å². The molecule has 1 atom stereocenters. The number of rotatable bonds is 2. The molecule has 0 aromatic carbocycles. The summed E-state index contributed by atoms with van der Waals surface area (Å²) in [4.78, 5) is 13.7. The van der Waals surface area contributed by atoms with Crippen molar-refractivity contribution in [2.45, 2.75) is 26.1 Å². The largest absolute Gasteiger partial charge is 0.292 e. The standard InChI is InChI=1S/C9H11ClOS/c1-5-4-8(7(3)12-5)9(11)6(2)10/h4,6H,1-3H3. The number of aryl methyl sites for hydroxylation is 2. The van der Waals surface area contributed by atoms with Crippen molar-refractivity contribution in [2.24, 2.45) is 0 Å². The van der Waals surface area contributed by atoms with E-state index < -0.39 is 5.38 Å². The molecular formula is C9H11ClOS. The van der Waals surface area contributed by atoms with E-state index in [1.807, 2.05) is 19.9 Å². The number of Topliss-reactive ketones (excluding diaryl/α,β-unsaturated/α-hetero) is 1. The van der Waals surface area contributed by atoms with Gasteiger partial charge in [0, 0.05) is 15.3 Å². The smallest absolute Gasteiger partial charge is 0.181 e. The van der Waals surface area contributed by atoms with Crippen molar-refractivity contribution in [2.75, 3.05) is 0 Å². The molecule has 0 aliphatic rings. The zero-order chi connectivity index (χ0) is 9.30. The number of hydrogen-bond donors (Lipinski definition) is 0. The summed E-state index contributed by atoms with van der Waals surface area (Å²) >= 11 is 7.33. The highest BCUT2D eigenvalue weighted by atomic mass is 35.5. The van der Waals surface area contributed by atoms with Crippen LogP contribution in [-0.4, -0.2) is 11.2 Å². The van der Waals surface area contributed by atoms with Crippen molar-refractivity contribution in [3.8, 4) is 0 Å². The van der Waals surface area contributed by atoms with Gasteiger partial charge in [0.15, 0.2) is 5.78 Å². The summed E-state index contributed by atoms with van der Waals surface area (Å²) < 4.78 is 0. The average molecular weight is 203 g/mol. The third kappa shape index (κ3) is 1.87.